The fourth-order valence-corrected chi connectivity index (χ4v) is 3.49. The molecular weight excluding hydrogens is 306 g/mol. The first kappa shape index (κ1) is 17.2. The number of benzene rings is 1. The molecule has 6 nitrogen and oxygen atoms in total. The Morgan fingerprint density at radius 1 is 1.21 bits per heavy atom. The second kappa shape index (κ2) is 8.46. The molecule has 24 heavy (non-hydrogen) atoms. The van der Waals surface area contributed by atoms with Gasteiger partial charge in [0, 0.05) is 38.8 Å². The number of carbonyl (C=O) groups is 1. The van der Waals surface area contributed by atoms with E-state index >= 15 is 0 Å². The van der Waals surface area contributed by atoms with Gasteiger partial charge in [-0.15, -0.1) is 0 Å². The zero-order chi connectivity index (χ0) is 16.8. The molecular formula is C18H27N3O3. The number of piperidine rings is 1. The topological polar surface area (TPSA) is 65.0 Å². The van der Waals surface area contributed by atoms with Crippen LogP contribution in [0.25, 0.3) is 0 Å². The highest BCUT2D eigenvalue weighted by Gasteiger charge is 2.30. The highest BCUT2D eigenvalue weighted by Crippen LogP contribution is 2.18. The molecule has 2 aliphatic rings. The molecule has 0 unspecified atom stereocenters. The van der Waals surface area contributed by atoms with Gasteiger partial charge in [-0.25, -0.2) is 4.79 Å². The van der Waals surface area contributed by atoms with Gasteiger partial charge in [0.1, 0.15) is 0 Å². The summed E-state index contributed by atoms with van der Waals surface area (Å²) in [4.78, 5) is 15.9. The van der Waals surface area contributed by atoms with E-state index in [1.165, 1.54) is 0 Å². The lowest BCUT2D eigenvalue weighted by molar-refractivity contribution is 0.00344. The molecule has 132 valence electrons. The third-order valence-electron chi connectivity index (χ3n) is 4.78. The predicted molar refractivity (Wildman–Crippen MR) is 91.7 cm³/mol. The van der Waals surface area contributed by atoms with Crippen molar-refractivity contribution < 1.29 is 14.6 Å². The van der Waals surface area contributed by atoms with Crippen LogP contribution in [0.3, 0.4) is 0 Å². The number of carbonyl (C=O) groups excluding carboxylic acids is 1. The first-order chi connectivity index (χ1) is 11.7. The zero-order valence-electron chi connectivity index (χ0n) is 14.1. The van der Waals surface area contributed by atoms with Crippen molar-refractivity contribution in [3.05, 3.63) is 35.9 Å². The number of urea groups is 1. The fraction of sp³-hybridized carbons (Fsp3) is 0.611. The number of nitrogens with one attached hydrogen (secondary N) is 1. The van der Waals surface area contributed by atoms with Crippen LogP contribution in [0.1, 0.15) is 18.4 Å². The van der Waals surface area contributed by atoms with Gasteiger partial charge in [0.2, 0.25) is 0 Å². The first-order valence-electron chi connectivity index (χ1n) is 8.79. The molecule has 0 aromatic heterocycles. The number of likely N-dealkylation sites (tertiary alicyclic amines) is 1. The van der Waals surface area contributed by atoms with E-state index in [0.29, 0.717) is 25.8 Å². The standard InChI is InChI=1S/C18H27N3O3/c22-17(14-24-13-15-4-2-1-3-5-15)12-20-9-6-16(7-10-20)21-11-8-19-18(21)23/h1-5,16-17,22H,6-14H2,(H,19,23)/t17-/m0/s1. The molecule has 0 spiro atoms. The van der Waals surface area contributed by atoms with Crippen molar-refractivity contribution in [1.82, 2.24) is 15.1 Å². The average molecular weight is 333 g/mol. The van der Waals surface area contributed by atoms with Gasteiger partial charge in [-0.2, -0.15) is 0 Å². The highest BCUT2D eigenvalue weighted by molar-refractivity contribution is 5.76. The molecule has 0 radical (unpaired) electrons. The predicted octanol–water partition coefficient (Wildman–Crippen LogP) is 1.05. The van der Waals surface area contributed by atoms with Crippen LogP contribution in [0.5, 0.6) is 0 Å². The van der Waals surface area contributed by atoms with Crippen LogP contribution in [0.15, 0.2) is 30.3 Å². The quantitative estimate of drug-likeness (QED) is 0.783. The summed E-state index contributed by atoms with van der Waals surface area (Å²) < 4.78 is 5.60. The van der Waals surface area contributed by atoms with Gasteiger partial charge < -0.3 is 25.0 Å². The van der Waals surface area contributed by atoms with Crippen molar-refractivity contribution >= 4 is 6.03 Å². The Morgan fingerprint density at radius 2 is 1.96 bits per heavy atom. The lowest BCUT2D eigenvalue weighted by Crippen LogP contribution is -2.48. The van der Waals surface area contributed by atoms with Gasteiger partial charge >= 0.3 is 6.03 Å². The van der Waals surface area contributed by atoms with Crippen LogP contribution >= 0.6 is 0 Å². The van der Waals surface area contributed by atoms with E-state index in [-0.39, 0.29) is 6.03 Å². The lowest BCUT2D eigenvalue weighted by Gasteiger charge is -2.36. The van der Waals surface area contributed by atoms with Crippen LogP contribution in [-0.4, -0.2) is 72.4 Å². The number of aliphatic hydroxyl groups is 1. The number of amides is 2. The SMILES string of the molecule is O=C1NCCN1C1CCN(C[C@H](O)COCc2ccccc2)CC1. The number of rotatable bonds is 7. The van der Waals surface area contributed by atoms with E-state index in [1.807, 2.05) is 35.2 Å². The summed E-state index contributed by atoms with van der Waals surface area (Å²) in [5.74, 6) is 0. The summed E-state index contributed by atoms with van der Waals surface area (Å²) in [5, 5.41) is 13.0. The molecule has 2 amide bonds. The lowest BCUT2D eigenvalue weighted by atomic mass is 10.0. The van der Waals surface area contributed by atoms with E-state index in [0.717, 1.165) is 44.6 Å². The number of β-amino-alcohol motifs (C(OH)–C–C–N with tert-alkyl or cyclic N) is 1. The van der Waals surface area contributed by atoms with Gasteiger partial charge in [-0.1, -0.05) is 30.3 Å². The molecule has 2 heterocycles. The van der Waals surface area contributed by atoms with Gasteiger partial charge in [0.05, 0.1) is 19.3 Å². The third kappa shape index (κ3) is 4.69. The third-order valence-corrected chi connectivity index (χ3v) is 4.78. The number of hydrogen-bond donors (Lipinski definition) is 2. The van der Waals surface area contributed by atoms with Crippen molar-refractivity contribution in [2.24, 2.45) is 0 Å². The zero-order valence-corrected chi connectivity index (χ0v) is 14.1. The second-order valence-corrected chi connectivity index (χ2v) is 6.61. The molecule has 0 bridgehead atoms. The molecule has 6 heteroatoms. The minimum absolute atomic E-state index is 0.0720. The average Bonchev–Trinajstić information content (AvgIpc) is 3.03. The minimum atomic E-state index is -0.472. The van der Waals surface area contributed by atoms with Crippen molar-refractivity contribution in [3.63, 3.8) is 0 Å². The van der Waals surface area contributed by atoms with E-state index in [2.05, 4.69) is 10.2 Å². The monoisotopic (exact) mass is 333 g/mol. The molecule has 2 N–H and O–H groups in total. The Bertz CT molecular complexity index is 518. The maximum atomic E-state index is 11.7. The normalized spacial score (nSPS) is 21.0. The van der Waals surface area contributed by atoms with Crippen molar-refractivity contribution in [2.45, 2.75) is 31.6 Å². The number of aliphatic hydroxyl groups excluding tert-OH is 1. The molecule has 1 atom stereocenters. The van der Waals surface area contributed by atoms with E-state index in [9.17, 15) is 9.90 Å². The maximum Gasteiger partial charge on any atom is 0.317 e. The van der Waals surface area contributed by atoms with E-state index in [4.69, 9.17) is 4.74 Å². The number of nitrogens with zero attached hydrogens (tertiary/aromatic N) is 2. The van der Waals surface area contributed by atoms with Crippen molar-refractivity contribution in [2.75, 3.05) is 39.3 Å². The molecule has 2 saturated heterocycles. The molecule has 1 aromatic carbocycles. The van der Waals surface area contributed by atoms with Crippen LogP contribution in [-0.2, 0) is 11.3 Å². The summed E-state index contributed by atoms with van der Waals surface area (Å²) in [5.41, 5.74) is 1.12. The maximum absolute atomic E-state index is 11.7. The summed E-state index contributed by atoms with van der Waals surface area (Å²) in [7, 11) is 0. The molecule has 3 rings (SSSR count). The molecule has 0 saturated carbocycles. The van der Waals surface area contributed by atoms with Crippen LogP contribution in [0.4, 0.5) is 4.79 Å². The van der Waals surface area contributed by atoms with Gasteiger partial charge in [-0.3, -0.25) is 0 Å². The van der Waals surface area contributed by atoms with Crippen LogP contribution in [0.2, 0.25) is 0 Å². The minimum Gasteiger partial charge on any atom is -0.389 e. The largest absolute Gasteiger partial charge is 0.389 e. The smallest absolute Gasteiger partial charge is 0.317 e. The Kier molecular flexibility index (Phi) is 6.07. The fourth-order valence-electron chi connectivity index (χ4n) is 3.49. The summed E-state index contributed by atoms with van der Waals surface area (Å²) in [6.07, 6.45) is 1.48. The van der Waals surface area contributed by atoms with Gasteiger partial charge in [-0.05, 0) is 18.4 Å². The van der Waals surface area contributed by atoms with E-state index in [1.54, 1.807) is 0 Å². The summed E-state index contributed by atoms with van der Waals surface area (Å²) in [6, 6.07) is 10.4. The van der Waals surface area contributed by atoms with Gasteiger partial charge in [0.25, 0.3) is 0 Å². The molecule has 1 aromatic rings. The molecule has 2 aliphatic heterocycles. The molecule has 2 fully saturated rings. The molecule has 0 aliphatic carbocycles. The van der Waals surface area contributed by atoms with E-state index < -0.39 is 6.10 Å². The van der Waals surface area contributed by atoms with Crippen molar-refractivity contribution in [3.8, 4) is 0 Å². The Labute approximate surface area is 143 Å². The van der Waals surface area contributed by atoms with Crippen molar-refractivity contribution in [1.29, 1.82) is 0 Å². The Morgan fingerprint density at radius 3 is 2.62 bits per heavy atom. The summed E-state index contributed by atoms with van der Waals surface area (Å²) >= 11 is 0. The van der Waals surface area contributed by atoms with Gasteiger partial charge in [0.15, 0.2) is 0 Å². The number of ether oxygens (including phenoxy) is 1. The van der Waals surface area contributed by atoms with Crippen LogP contribution in [0, 0.1) is 0 Å². The first-order valence-corrected chi connectivity index (χ1v) is 8.79. The Balaban J connectivity index is 1.33. The Hall–Kier alpha value is -1.63. The summed E-state index contributed by atoms with van der Waals surface area (Å²) in [6.45, 7) is 4.94. The second-order valence-electron chi connectivity index (χ2n) is 6.61. The van der Waals surface area contributed by atoms with Crippen LogP contribution < -0.4 is 5.32 Å². The highest BCUT2D eigenvalue weighted by atomic mass is 16.5. The number of hydrogen-bond acceptors (Lipinski definition) is 4.